The largest absolute Gasteiger partial charge is 0.491 e. The summed E-state index contributed by atoms with van der Waals surface area (Å²) in [6.07, 6.45) is -0.487. The van der Waals surface area contributed by atoms with Gasteiger partial charge in [0.15, 0.2) is 0 Å². The minimum atomic E-state index is -0.586. The van der Waals surface area contributed by atoms with Crippen molar-refractivity contribution in [2.24, 2.45) is 5.41 Å². The molecule has 0 aliphatic rings. The second kappa shape index (κ2) is 11.2. The first kappa shape index (κ1) is 26.7. The molecule has 3 rings (SSSR count). The third-order valence-electron chi connectivity index (χ3n) is 4.70. The molecule has 0 bridgehead atoms. The van der Waals surface area contributed by atoms with E-state index in [9.17, 15) is 9.59 Å². The van der Waals surface area contributed by atoms with Gasteiger partial charge in [-0.05, 0) is 77.1 Å². The molecule has 3 aromatic rings. The number of hydrogen-bond donors (Lipinski definition) is 1. The van der Waals surface area contributed by atoms with Crippen molar-refractivity contribution in [1.82, 2.24) is 25.5 Å². The van der Waals surface area contributed by atoms with E-state index in [0.717, 1.165) is 11.1 Å². The molecule has 192 valence electrons. The Morgan fingerprint density at radius 1 is 0.972 bits per heavy atom. The van der Waals surface area contributed by atoms with Crippen molar-refractivity contribution in [3.05, 3.63) is 54.1 Å². The lowest BCUT2D eigenvalue weighted by Gasteiger charge is -2.19. The Morgan fingerprint density at radius 2 is 1.67 bits per heavy atom. The van der Waals surface area contributed by atoms with Crippen LogP contribution in [0.3, 0.4) is 0 Å². The predicted molar refractivity (Wildman–Crippen MR) is 134 cm³/mol. The van der Waals surface area contributed by atoms with Crippen LogP contribution in [0.5, 0.6) is 11.5 Å². The van der Waals surface area contributed by atoms with Gasteiger partial charge in [0.1, 0.15) is 23.7 Å². The van der Waals surface area contributed by atoms with Gasteiger partial charge in [-0.25, -0.2) is 4.79 Å². The molecule has 1 aromatic heterocycles. The molecule has 0 aliphatic carbocycles. The maximum atomic E-state index is 12.1. The maximum Gasteiger partial charge on any atom is 0.407 e. The van der Waals surface area contributed by atoms with Crippen LogP contribution in [0.15, 0.2) is 48.5 Å². The molecule has 2 aromatic carbocycles. The van der Waals surface area contributed by atoms with E-state index in [1.54, 1.807) is 45.0 Å². The fourth-order valence-corrected chi connectivity index (χ4v) is 2.91. The molecule has 0 fully saturated rings. The quantitative estimate of drug-likeness (QED) is 0.280. The van der Waals surface area contributed by atoms with Crippen molar-refractivity contribution in [3.8, 4) is 22.9 Å². The topological polar surface area (TPSA) is 117 Å². The second-order valence-corrected chi connectivity index (χ2v) is 10.2. The van der Waals surface area contributed by atoms with Crippen molar-refractivity contribution in [3.63, 3.8) is 0 Å². The van der Waals surface area contributed by atoms with Crippen LogP contribution in [0.2, 0.25) is 0 Å². The zero-order valence-electron chi connectivity index (χ0n) is 21.6. The lowest BCUT2D eigenvalue weighted by Crippen LogP contribution is -2.34. The van der Waals surface area contributed by atoms with Crippen molar-refractivity contribution in [2.75, 3.05) is 13.2 Å². The van der Waals surface area contributed by atoms with Gasteiger partial charge in [-0.2, -0.15) is 4.80 Å². The Labute approximate surface area is 210 Å². The number of benzene rings is 2. The lowest BCUT2D eigenvalue weighted by molar-refractivity contribution is -0.143. The standard InChI is InChI=1S/C26H33N5O5/c1-25(2,3)23(32)35-20-13-11-18(12-14-20)22-28-30-31(29-22)17-19-9-7-8-10-21(19)34-16-15-27-24(33)36-26(4,5)6/h7-14H,15-17H2,1-6H3,(H,27,33). The molecule has 0 aliphatic heterocycles. The number of esters is 1. The fourth-order valence-electron chi connectivity index (χ4n) is 2.91. The summed E-state index contributed by atoms with van der Waals surface area (Å²) in [5.74, 6) is 1.26. The summed E-state index contributed by atoms with van der Waals surface area (Å²) in [6.45, 7) is 11.8. The zero-order chi connectivity index (χ0) is 26.3. The first-order chi connectivity index (χ1) is 16.9. The summed E-state index contributed by atoms with van der Waals surface area (Å²) in [5, 5.41) is 15.4. The summed E-state index contributed by atoms with van der Waals surface area (Å²) in [6, 6.07) is 14.5. The number of nitrogens with zero attached hydrogens (tertiary/aromatic N) is 4. The van der Waals surface area contributed by atoms with E-state index >= 15 is 0 Å². The number of para-hydroxylation sites is 1. The minimum absolute atomic E-state index is 0.276. The van der Waals surface area contributed by atoms with Crippen LogP contribution in [0.4, 0.5) is 4.79 Å². The van der Waals surface area contributed by atoms with Gasteiger partial charge in [-0.1, -0.05) is 18.2 Å². The van der Waals surface area contributed by atoms with E-state index in [-0.39, 0.29) is 12.6 Å². The molecule has 10 heteroatoms. The van der Waals surface area contributed by atoms with Crippen LogP contribution in [-0.2, 0) is 16.1 Å². The van der Waals surface area contributed by atoms with Crippen LogP contribution in [0.25, 0.3) is 11.4 Å². The number of nitrogens with one attached hydrogen (secondary N) is 1. The number of carbonyl (C=O) groups excluding carboxylic acids is 2. The van der Waals surface area contributed by atoms with Gasteiger partial charge in [-0.3, -0.25) is 4.79 Å². The monoisotopic (exact) mass is 495 g/mol. The Morgan fingerprint density at radius 3 is 2.33 bits per heavy atom. The van der Waals surface area contributed by atoms with E-state index in [1.165, 1.54) is 4.80 Å². The summed E-state index contributed by atoms with van der Waals surface area (Å²) in [7, 11) is 0. The number of aromatic nitrogens is 4. The number of rotatable bonds is 8. The molecular weight excluding hydrogens is 462 g/mol. The Kier molecular flexibility index (Phi) is 8.29. The number of tetrazole rings is 1. The number of hydrogen-bond acceptors (Lipinski definition) is 8. The minimum Gasteiger partial charge on any atom is -0.491 e. The molecule has 1 N–H and O–H groups in total. The highest BCUT2D eigenvalue weighted by molar-refractivity contribution is 5.78. The maximum absolute atomic E-state index is 12.1. The van der Waals surface area contributed by atoms with Crippen molar-refractivity contribution < 1.29 is 23.8 Å². The normalized spacial score (nSPS) is 11.6. The summed E-state index contributed by atoms with van der Waals surface area (Å²) >= 11 is 0. The summed E-state index contributed by atoms with van der Waals surface area (Å²) in [4.78, 5) is 25.3. The highest BCUT2D eigenvalue weighted by Crippen LogP contribution is 2.23. The molecule has 0 saturated carbocycles. The van der Waals surface area contributed by atoms with Crippen LogP contribution in [-0.4, -0.2) is 51.0 Å². The first-order valence-corrected chi connectivity index (χ1v) is 11.7. The van der Waals surface area contributed by atoms with E-state index < -0.39 is 17.1 Å². The van der Waals surface area contributed by atoms with Crippen LogP contribution < -0.4 is 14.8 Å². The van der Waals surface area contributed by atoms with Gasteiger partial charge in [0.25, 0.3) is 0 Å². The second-order valence-electron chi connectivity index (χ2n) is 10.2. The van der Waals surface area contributed by atoms with Gasteiger partial charge in [0.2, 0.25) is 5.82 Å². The van der Waals surface area contributed by atoms with E-state index in [0.29, 0.717) is 30.4 Å². The molecule has 0 atom stereocenters. The SMILES string of the molecule is CC(C)(C)OC(=O)NCCOc1ccccc1Cn1nnc(-c2ccc(OC(=O)C(C)(C)C)cc2)n1. The Bertz CT molecular complexity index is 1180. The zero-order valence-corrected chi connectivity index (χ0v) is 21.6. The van der Waals surface area contributed by atoms with E-state index in [1.807, 2.05) is 45.0 Å². The average Bonchev–Trinajstić information content (AvgIpc) is 3.25. The van der Waals surface area contributed by atoms with E-state index in [2.05, 4.69) is 20.7 Å². The molecule has 10 nitrogen and oxygen atoms in total. The number of carbonyl (C=O) groups is 2. The molecule has 1 heterocycles. The van der Waals surface area contributed by atoms with Gasteiger partial charge in [0.05, 0.1) is 18.5 Å². The molecule has 0 radical (unpaired) electrons. The van der Waals surface area contributed by atoms with Gasteiger partial charge >= 0.3 is 12.1 Å². The molecule has 1 amide bonds. The summed E-state index contributed by atoms with van der Waals surface area (Å²) < 4.78 is 16.5. The number of amides is 1. The molecule has 36 heavy (non-hydrogen) atoms. The van der Waals surface area contributed by atoms with Crippen LogP contribution in [0, 0.1) is 5.41 Å². The highest BCUT2D eigenvalue weighted by Gasteiger charge is 2.23. The van der Waals surface area contributed by atoms with Gasteiger partial charge in [-0.15, -0.1) is 10.2 Å². The molecule has 0 spiro atoms. The van der Waals surface area contributed by atoms with Gasteiger partial charge in [0, 0.05) is 11.1 Å². The third-order valence-corrected chi connectivity index (χ3v) is 4.70. The Balaban J connectivity index is 1.57. The molecule has 0 unspecified atom stereocenters. The smallest absolute Gasteiger partial charge is 0.407 e. The predicted octanol–water partition coefficient (Wildman–Crippen LogP) is 4.24. The van der Waals surface area contributed by atoms with Crippen LogP contribution >= 0.6 is 0 Å². The number of alkyl carbamates (subject to hydrolysis) is 1. The molecular formula is C26H33N5O5. The first-order valence-electron chi connectivity index (χ1n) is 11.7. The van der Waals surface area contributed by atoms with E-state index in [4.69, 9.17) is 14.2 Å². The van der Waals surface area contributed by atoms with Crippen molar-refractivity contribution in [1.29, 1.82) is 0 Å². The lowest BCUT2D eigenvalue weighted by atomic mass is 9.97. The molecule has 0 saturated heterocycles. The van der Waals surface area contributed by atoms with Gasteiger partial charge < -0.3 is 19.5 Å². The van der Waals surface area contributed by atoms with Crippen molar-refractivity contribution in [2.45, 2.75) is 53.7 Å². The Hall–Kier alpha value is -3.95. The van der Waals surface area contributed by atoms with Crippen LogP contribution in [0.1, 0.15) is 47.1 Å². The highest BCUT2D eigenvalue weighted by atomic mass is 16.6. The number of ether oxygens (including phenoxy) is 3. The third kappa shape index (κ3) is 8.07. The summed E-state index contributed by atoms with van der Waals surface area (Å²) in [5.41, 5.74) is 0.470. The fraction of sp³-hybridized carbons (Fsp3) is 0.423. The van der Waals surface area contributed by atoms with Crippen molar-refractivity contribution >= 4 is 12.1 Å². The average molecular weight is 496 g/mol.